The van der Waals surface area contributed by atoms with Crippen molar-refractivity contribution >= 4 is 34.8 Å². The topological polar surface area (TPSA) is 36.0 Å². The van der Waals surface area contributed by atoms with E-state index in [1.807, 2.05) is 6.92 Å². The lowest BCUT2D eigenvalue weighted by atomic mass is 10.2. The molecule has 12 heavy (non-hydrogen) atoms. The van der Waals surface area contributed by atoms with E-state index in [0.717, 1.165) is 5.56 Å². The van der Waals surface area contributed by atoms with Gasteiger partial charge in [0.05, 0.1) is 0 Å². The van der Waals surface area contributed by atoms with E-state index in [4.69, 9.17) is 34.8 Å². The lowest BCUT2D eigenvalue weighted by Crippen LogP contribution is -2.16. The smallest absolute Gasteiger partial charge is 0.221 e. The molecule has 1 atom stereocenters. The maximum atomic E-state index is 9.44. The fourth-order valence-electron chi connectivity index (χ4n) is 0.860. The summed E-state index contributed by atoms with van der Waals surface area (Å²) in [6.45, 7) is 1.88. The number of halogens is 3. The Morgan fingerprint density at radius 2 is 2.08 bits per heavy atom. The summed E-state index contributed by atoms with van der Waals surface area (Å²) in [5.41, 5.74) is 1.49. The van der Waals surface area contributed by atoms with Crippen molar-refractivity contribution in [2.24, 2.45) is 0 Å². The Morgan fingerprint density at radius 3 is 2.42 bits per heavy atom. The van der Waals surface area contributed by atoms with Gasteiger partial charge in [-0.2, -0.15) is 0 Å². The number of alkyl halides is 3. The molecule has 1 aromatic rings. The summed E-state index contributed by atoms with van der Waals surface area (Å²) >= 11 is 16.5. The van der Waals surface area contributed by atoms with Crippen molar-refractivity contribution in [2.75, 3.05) is 0 Å². The van der Waals surface area contributed by atoms with Crippen molar-refractivity contribution in [3.05, 3.63) is 23.5 Å². The molecule has 2 N–H and O–H groups in total. The zero-order valence-electron chi connectivity index (χ0n) is 6.31. The first-order valence-corrected chi connectivity index (χ1v) is 4.44. The molecule has 0 aliphatic carbocycles. The number of aromatic nitrogens is 1. The lowest BCUT2D eigenvalue weighted by Gasteiger charge is -2.17. The predicted molar refractivity (Wildman–Crippen MR) is 50.8 cm³/mol. The average Bonchev–Trinajstić information content (AvgIpc) is 2.32. The lowest BCUT2D eigenvalue weighted by molar-refractivity contribution is 0.178. The van der Waals surface area contributed by atoms with E-state index in [0.29, 0.717) is 5.69 Å². The van der Waals surface area contributed by atoms with Crippen LogP contribution in [0.4, 0.5) is 0 Å². The molecular formula is C7H8Cl3NO. The first-order chi connectivity index (χ1) is 5.41. The minimum atomic E-state index is -1.68. The van der Waals surface area contributed by atoms with Crippen LogP contribution in [0.15, 0.2) is 12.3 Å². The normalized spacial score (nSPS) is 14.8. The van der Waals surface area contributed by atoms with Crippen LogP contribution in [0.5, 0.6) is 0 Å². The molecule has 0 radical (unpaired) electrons. The van der Waals surface area contributed by atoms with Crippen LogP contribution in [0.3, 0.4) is 0 Å². The van der Waals surface area contributed by atoms with E-state index in [1.54, 1.807) is 12.3 Å². The summed E-state index contributed by atoms with van der Waals surface area (Å²) in [6, 6.07) is 1.73. The molecule has 1 aromatic heterocycles. The number of hydrogen-bond donors (Lipinski definition) is 2. The van der Waals surface area contributed by atoms with E-state index in [2.05, 4.69) is 4.98 Å². The summed E-state index contributed by atoms with van der Waals surface area (Å²) in [6.07, 6.45) is 0.616. The van der Waals surface area contributed by atoms with Crippen LogP contribution in [-0.4, -0.2) is 13.9 Å². The molecule has 0 spiro atoms. The van der Waals surface area contributed by atoms with Crippen LogP contribution >= 0.6 is 34.8 Å². The van der Waals surface area contributed by atoms with Gasteiger partial charge in [-0.3, -0.25) is 0 Å². The number of aliphatic hydroxyl groups is 1. The number of hydrogen-bond acceptors (Lipinski definition) is 1. The zero-order chi connectivity index (χ0) is 9.35. The van der Waals surface area contributed by atoms with Crippen molar-refractivity contribution in [3.63, 3.8) is 0 Å². The second kappa shape index (κ2) is 3.46. The molecule has 5 heteroatoms. The van der Waals surface area contributed by atoms with E-state index < -0.39 is 9.90 Å². The molecule has 0 saturated heterocycles. The summed E-state index contributed by atoms with van der Waals surface area (Å²) in [5.74, 6) is 0. The maximum absolute atomic E-state index is 9.44. The predicted octanol–water partition coefficient (Wildman–Crippen LogP) is 2.73. The van der Waals surface area contributed by atoms with Gasteiger partial charge in [-0.15, -0.1) is 0 Å². The van der Waals surface area contributed by atoms with E-state index in [1.165, 1.54) is 0 Å². The van der Waals surface area contributed by atoms with Crippen molar-refractivity contribution in [2.45, 2.75) is 16.8 Å². The monoisotopic (exact) mass is 227 g/mol. The number of rotatable bonds is 1. The van der Waals surface area contributed by atoms with Gasteiger partial charge in [-0.05, 0) is 18.6 Å². The Labute approximate surface area is 85.4 Å². The van der Waals surface area contributed by atoms with Crippen molar-refractivity contribution < 1.29 is 5.11 Å². The molecule has 1 heterocycles. The first kappa shape index (κ1) is 10.2. The third-order valence-electron chi connectivity index (χ3n) is 1.45. The minimum Gasteiger partial charge on any atom is -0.382 e. The molecule has 0 amide bonds. The SMILES string of the molecule is Cc1c[nH]c(C(O)C(Cl)(Cl)Cl)c1. The molecule has 68 valence electrons. The van der Waals surface area contributed by atoms with Crippen molar-refractivity contribution in [1.29, 1.82) is 0 Å². The van der Waals surface area contributed by atoms with Crippen LogP contribution in [0.1, 0.15) is 17.4 Å². The van der Waals surface area contributed by atoms with Gasteiger partial charge in [0.25, 0.3) is 0 Å². The summed E-state index contributed by atoms with van der Waals surface area (Å²) in [7, 11) is 0. The number of aliphatic hydroxyl groups excluding tert-OH is 1. The first-order valence-electron chi connectivity index (χ1n) is 3.31. The van der Waals surface area contributed by atoms with Gasteiger partial charge in [0.15, 0.2) is 0 Å². The molecule has 0 aliphatic rings. The number of aryl methyl sites for hydroxylation is 1. The molecular weight excluding hydrogens is 220 g/mol. The number of aromatic amines is 1. The molecule has 2 nitrogen and oxygen atoms in total. The second-order valence-electron chi connectivity index (χ2n) is 2.58. The van der Waals surface area contributed by atoms with Gasteiger partial charge in [-0.25, -0.2) is 0 Å². The molecule has 0 saturated carbocycles. The van der Waals surface area contributed by atoms with Crippen LogP contribution in [0, 0.1) is 6.92 Å². The van der Waals surface area contributed by atoms with Crippen LogP contribution in [0.25, 0.3) is 0 Å². The largest absolute Gasteiger partial charge is 0.382 e. The molecule has 0 fully saturated rings. The van der Waals surface area contributed by atoms with Crippen LogP contribution in [0.2, 0.25) is 0 Å². The van der Waals surface area contributed by atoms with Gasteiger partial charge in [0.1, 0.15) is 6.10 Å². The van der Waals surface area contributed by atoms with Gasteiger partial charge < -0.3 is 10.1 Å². The Bertz CT molecular complexity index is 266. The van der Waals surface area contributed by atoms with E-state index in [9.17, 15) is 5.11 Å². The Morgan fingerprint density at radius 1 is 1.50 bits per heavy atom. The molecule has 0 aromatic carbocycles. The summed E-state index contributed by atoms with van der Waals surface area (Å²) < 4.78 is -1.68. The van der Waals surface area contributed by atoms with E-state index >= 15 is 0 Å². The molecule has 0 aliphatic heterocycles. The summed E-state index contributed by atoms with van der Waals surface area (Å²) in [5, 5.41) is 9.44. The third-order valence-corrected chi connectivity index (χ3v) is 2.07. The highest BCUT2D eigenvalue weighted by Gasteiger charge is 2.32. The Balaban J connectivity index is 2.85. The molecule has 0 bridgehead atoms. The quantitative estimate of drug-likeness (QED) is 0.713. The van der Waals surface area contributed by atoms with Crippen LogP contribution in [-0.2, 0) is 0 Å². The van der Waals surface area contributed by atoms with Gasteiger partial charge >= 0.3 is 0 Å². The van der Waals surface area contributed by atoms with Crippen molar-refractivity contribution in [1.82, 2.24) is 4.98 Å². The van der Waals surface area contributed by atoms with Gasteiger partial charge in [-0.1, -0.05) is 34.8 Å². The fourth-order valence-corrected chi connectivity index (χ4v) is 1.21. The van der Waals surface area contributed by atoms with Crippen molar-refractivity contribution in [3.8, 4) is 0 Å². The molecule has 1 rings (SSSR count). The summed E-state index contributed by atoms with van der Waals surface area (Å²) in [4.78, 5) is 2.81. The zero-order valence-corrected chi connectivity index (χ0v) is 8.58. The fraction of sp³-hybridized carbons (Fsp3) is 0.429. The highest BCUT2D eigenvalue weighted by molar-refractivity contribution is 6.67. The maximum Gasteiger partial charge on any atom is 0.221 e. The highest BCUT2D eigenvalue weighted by Crippen LogP contribution is 2.39. The van der Waals surface area contributed by atoms with E-state index in [-0.39, 0.29) is 0 Å². The number of nitrogens with one attached hydrogen (secondary N) is 1. The Kier molecular flexibility index (Phi) is 2.94. The van der Waals surface area contributed by atoms with Crippen LogP contribution < -0.4 is 0 Å². The Hall–Kier alpha value is 0.110. The average molecular weight is 229 g/mol. The number of H-pyrrole nitrogens is 1. The molecule has 1 unspecified atom stereocenters. The second-order valence-corrected chi connectivity index (χ2v) is 4.95. The standard InChI is InChI=1S/C7H8Cl3NO/c1-4-2-5(11-3-4)6(12)7(8,9)10/h2-3,6,11-12H,1H3. The van der Waals surface area contributed by atoms with Gasteiger partial charge in [0, 0.05) is 11.9 Å². The third kappa shape index (κ3) is 2.30. The van der Waals surface area contributed by atoms with Gasteiger partial charge in [0.2, 0.25) is 3.79 Å². The minimum absolute atomic E-state index is 0.507. The highest BCUT2D eigenvalue weighted by atomic mass is 35.6.